The van der Waals surface area contributed by atoms with Crippen LogP contribution in [-0.2, 0) is 0 Å². The molecule has 2 nitrogen and oxygen atoms in total. The number of carbonyl (C=O) groups excluding carboxylic acids is 1. The molecule has 1 saturated heterocycles. The van der Waals surface area contributed by atoms with Crippen molar-refractivity contribution >= 4 is 33.5 Å². The van der Waals surface area contributed by atoms with Crippen LogP contribution in [0.5, 0.6) is 0 Å². The van der Waals surface area contributed by atoms with Gasteiger partial charge in [-0.15, -0.1) is 0 Å². The van der Waals surface area contributed by atoms with E-state index in [4.69, 9.17) is 0 Å². The predicted octanol–water partition coefficient (Wildman–Crippen LogP) is 4.24. The van der Waals surface area contributed by atoms with Crippen molar-refractivity contribution < 1.29 is 4.79 Å². The molecule has 1 heterocycles. The van der Waals surface area contributed by atoms with Crippen LogP contribution in [0.1, 0.15) is 36.5 Å². The molecule has 0 saturated carbocycles. The second kappa shape index (κ2) is 8.20. The van der Waals surface area contributed by atoms with Crippen molar-refractivity contribution in [1.29, 1.82) is 0 Å². The number of rotatable bonds is 6. The minimum atomic E-state index is 0.260. The molecule has 0 bridgehead atoms. The van der Waals surface area contributed by atoms with E-state index in [2.05, 4.69) is 39.5 Å². The number of nitrogens with zero attached hydrogens (tertiary/aromatic N) is 1. The third kappa shape index (κ3) is 4.90. The van der Waals surface area contributed by atoms with E-state index in [1.165, 1.54) is 25.3 Å². The molecule has 1 aromatic rings. The van der Waals surface area contributed by atoms with E-state index in [0.717, 1.165) is 28.3 Å². The Morgan fingerprint density at radius 1 is 1.40 bits per heavy atom. The van der Waals surface area contributed by atoms with Crippen molar-refractivity contribution in [2.75, 3.05) is 25.4 Å². The topological polar surface area (TPSA) is 20.3 Å². The molecular formula is C16H22BrNOS. The molecule has 0 aromatic heterocycles. The fourth-order valence-corrected chi connectivity index (χ4v) is 3.99. The van der Waals surface area contributed by atoms with Crippen molar-refractivity contribution in [2.45, 2.75) is 31.4 Å². The summed E-state index contributed by atoms with van der Waals surface area (Å²) in [6.07, 6.45) is 2.87. The second-order valence-corrected chi connectivity index (χ2v) is 7.56. The van der Waals surface area contributed by atoms with Crippen LogP contribution in [0.15, 0.2) is 28.7 Å². The molecule has 1 atom stereocenters. The standard InChI is InChI=1S/C16H22BrNOS/c1-2-15-12-18(10-11-20-15)9-3-4-16(19)13-5-7-14(17)8-6-13/h5-8,15H,2-4,9-12H2,1H3. The van der Waals surface area contributed by atoms with Crippen LogP contribution in [0, 0.1) is 0 Å². The van der Waals surface area contributed by atoms with Gasteiger partial charge in [-0.25, -0.2) is 0 Å². The molecule has 0 radical (unpaired) electrons. The molecule has 110 valence electrons. The molecule has 0 spiro atoms. The maximum Gasteiger partial charge on any atom is 0.162 e. The Hall–Kier alpha value is -0.320. The van der Waals surface area contributed by atoms with E-state index in [-0.39, 0.29) is 5.78 Å². The zero-order valence-corrected chi connectivity index (χ0v) is 14.4. The highest BCUT2D eigenvalue weighted by atomic mass is 79.9. The highest BCUT2D eigenvalue weighted by Gasteiger charge is 2.18. The zero-order chi connectivity index (χ0) is 14.4. The van der Waals surface area contributed by atoms with Crippen LogP contribution < -0.4 is 0 Å². The summed E-state index contributed by atoms with van der Waals surface area (Å²) in [5, 5.41) is 0.783. The number of Topliss-reactive ketones (excluding diaryl/α,β-unsaturated/α-hetero) is 1. The van der Waals surface area contributed by atoms with E-state index in [1.54, 1.807) is 0 Å². The lowest BCUT2D eigenvalue weighted by molar-refractivity contribution is 0.0975. The molecule has 1 fully saturated rings. The van der Waals surface area contributed by atoms with Crippen molar-refractivity contribution in [3.05, 3.63) is 34.3 Å². The minimum Gasteiger partial charge on any atom is -0.301 e. The number of benzene rings is 1. The lowest BCUT2D eigenvalue weighted by Gasteiger charge is -2.31. The first kappa shape index (κ1) is 16.1. The van der Waals surface area contributed by atoms with Gasteiger partial charge in [0.2, 0.25) is 0 Å². The fraction of sp³-hybridized carbons (Fsp3) is 0.562. The number of thioether (sulfide) groups is 1. The first-order valence-corrected chi connectivity index (χ1v) is 9.16. The monoisotopic (exact) mass is 355 g/mol. The van der Waals surface area contributed by atoms with Gasteiger partial charge in [0.15, 0.2) is 5.78 Å². The van der Waals surface area contributed by atoms with Crippen LogP contribution in [-0.4, -0.2) is 41.3 Å². The number of ketones is 1. The number of hydrogen-bond donors (Lipinski definition) is 0. The molecule has 0 N–H and O–H groups in total. The molecule has 0 amide bonds. The fourth-order valence-electron chi connectivity index (χ4n) is 2.47. The van der Waals surface area contributed by atoms with Crippen LogP contribution in [0.4, 0.5) is 0 Å². The predicted molar refractivity (Wildman–Crippen MR) is 90.7 cm³/mol. The van der Waals surface area contributed by atoms with Crippen LogP contribution in [0.3, 0.4) is 0 Å². The lowest BCUT2D eigenvalue weighted by atomic mass is 10.1. The normalized spacial score (nSPS) is 20.0. The third-order valence-electron chi connectivity index (χ3n) is 3.72. The van der Waals surface area contributed by atoms with Gasteiger partial charge in [-0.3, -0.25) is 4.79 Å². The van der Waals surface area contributed by atoms with Gasteiger partial charge in [0.25, 0.3) is 0 Å². The van der Waals surface area contributed by atoms with Gasteiger partial charge in [0, 0.05) is 40.5 Å². The van der Waals surface area contributed by atoms with E-state index in [9.17, 15) is 4.79 Å². The molecule has 1 aromatic carbocycles. The quantitative estimate of drug-likeness (QED) is 0.711. The van der Waals surface area contributed by atoms with E-state index in [0.29, 0.717) is 6.42 Å². The molecule has 20 heavy (non-hydrogen) atoms. The van der Waals surface area contributed by atoms with Crippen LogP contribution in [0.25, 0.3) is 0 Å². The van der Waals surface area contributed by atoms with Gasteiger partial charge in [-0.2, -0.15) is 11.8 Å². The SMILES string of the molecule is CCC1CN(CCCC(=O)c2ccc(Br)cc2)CCS1. The maximum absolute atomic E-state index is 12.1. The first-order valence-electron chi connectivity index (χ1n) is 7.31. The van der Waals surface area contributed by atoms with Gasteiger partial charge in [-0.05, 0) is 31.5 Å². The van der Waals surface area contributed by atoms with E-state index in [1.807, 2.05) is 24.3 Å². The van der Waals surface area contributed by atoms with Gasteiger partial charge < -0.3 is 4.90 Å². The molecule has 2 rings (SSSR count). The van der Waals surface area contributed by atoms with E-state index < -0.39 is 0 Å². The highest BCUT2D eigenvalue weighted by Crippen LogP contribution is 2.21. The van der Waals surface area contributed by atoms with E-state index >= 15 is 0 Å². The van der Waals surface area contributed by atoms with Crippen molar-refractivity contribution in [2.24, 2.45) is 0 Å². The van der Waals surface area contributed by atoms with Gasteiger partial charge in [0.05, 0.1) is 0 Å². The molecule has 0 aliphatic carbocycles. The largest absolute Gasteiger partial charge is 0.301 e. The smallest absolute Gasteiger partial charge is 0.162 e. The lowest BCUT2D eigenvalue weighted by Crippen LogP contribution is -2.38. The molecule has 1 unspecified atom stereocenters. The Morgan fingerprint density at radius 2 is 2.15 bits per heavy atom. The number of hydrogen-bond acceptors (Lipinski definition) is 3. The summed E-state index contributed by atoms with van der Waals surface area (Å²) >= 11 is 5.48. The second-order valence-electron chi connectivity index (χ2n) is 5.24. The van der Waals surface area contributed by atoms with Crippen molar-refractivity contribution in [3.8, 4) is 0 Å². The Bertz CT molecular complexity index is 435. The zero-order valence-electron chi connectivity index (χ0n) is 12.0. The first-order chi connectivity index (χ1) is 9.69. The summed E-state index contributed by atoms with van der Waals surface area (Å²) in [4.78, 5) is 14.6. The highest BCUT2D eigenvalue weighted by molar-refractivity contribution is 9.10. The molecule has 1 aliphatic heterocycles. The summed E-state index contributed by atoms with van der Waals surface area (Å²) in [6, 6.07) is 7.66. The van der Waals surface area contributed by atoms with Gasteiger partial charge in [0.1, 0.15) is 0 Å². The number of halogens is 1. The molecule has 4 heteroatoms. The van der Waals surface area contributed by atoms with Crippen LogP contribution >= 0.6 is 27.7 Å². The average Bonchev–Trinajstić information content (AvgIpc) is 2.48. The summed E-state index contributed by atoms with van der Waals surface area (Å²) in [7, 11) is 0. The van der Waals surface area contributed by atoms with Crippen LogP contribution in [0.2, 0.25) is 0 Å². The molecule has 1 aliphatic rings. The third-order valence-corrected chi connectivity index (χ3v) is 5.62. The minimum absolute atomic E-state index is 0.260. The van der Waals surface area contributed by atoms with Crippen molar-refractivity contribution in [1.82, 2.24) is 4.90 Å². The summed E-state index contributed by atoms with van der Waals surface area (Å²) in [5.41, 5.74) is 0.828. The summed E-state index contributed by atoms with van der Waals surface area (Å²) in [6.45, 7) is 5.68. The van der Waals surface area contributed by atoms with Gasteiger partial charge in [-0.1, -0.05) is 35.0 Å². The summed E-state index contributed by atoms with van der Waals surface area (Å²) in [5.74, 6) is 1.50. The Balaban J connectivity index is 1.72. The Morgan fingerprint density at radius 3 is 2.85 bits per heavy atom. The Kier molecular flexibility index (Phi) is 6.59. The van der Waals surface area contributed by atoms with Gasteiger partial charge >= 0.3 is 0 Å². The number of carbonyl (C=O) groups is 1. The van der Waals surface area contributed by atoms with Crippen molar-refractivity contribution in [3.63, 3.8) is 0 Å². The summed E-state index contributed by atoms with van der Waals surface area (Å²) < 4.78 is 1.02. The average molecular weight is 356 g/mol. The Labute approximate surface area is 134 Å². The molecular weight excluding hydrogens is 334 g/mol. The maximum atomic E-state index is 12.1.